The molecule has 3 rings (SSSR count). The fourth-order valence-corrected chi connectivity index (χ4v) is 1.38. The van der Waals surface area contributed by atoms with E-state index >= 15 is 0 Å². The van der Waals surface area contributed by atoms with Crippen molar-refractivity contribution in [1.82, 2.24) is 24.4 Å². The van der Waals surface area contributed by atoms with Crippen LogP contribution in [0.3, 0.4) is 0 Å². The number of aromatic nitrogens is 5. The Kier molecular flexibility index (Phi) is 1.38. The second kappa shape index (κ2) is 2.66. The van der Waals surface area contributed by atoms with Gasteiger partial charge in [-0.15, -0.1) is 0 Å². The topological polar surface area (TPSA) is 48.0 Å². The molecule has 0 spiro atoms. The van der Waals surface area contributed by atoms with Gasteiger partial charge in [0.2, 0.25) is 0 Å². The van der Waals surface area contributed by atoms with Gasteiger partial charge in [-0.3, -0.25) is 0 Å². The molecule has 14 heavy (non-hydrogen) atoms. The van der Waals surface area contributed by atoms with Gasteiger partial charge >= 0.3 is 0 Å². The molecule has 0 amide bonds. The Labute approximate surface area is 79.6 Å². The van der Waals surface area contributed by atoms with E-state index in [1.165, 1.54) is 0 Å². The highest BCUT2D eigenvalue weighted by atomic mass is 15.4. The summed E-state index contributed by atoms with van der Waals surface area (Å²) < 4.78 is 3.47. The van der Waals surface area contributed by atoms with E-state index in [9.17, 15) is 0 Å². The molecule has 0 N–H and O–H groups in total. The van der Waals surface area contributed by atoms with Crippen LogP contribution in [-0.2, 0) is 0 Å². The molecule has 0 aliphatic rings. The fourth-order valence-electron chi connectivity index (χ4n) is 1.38. The number of hydrogen-bond donors (Lipinski definition) is 0. The van der Waals surface area contributed by atoms with Crippen molar-refractivity contribution in [3.8, 4) is 5.82 Å². The quantitative estimate of drug-likeness (QED) is 0.566. The van der Waals surface area contributed by atoms with E-state index < -0.39 is 0 Å². The highest BCUT2D eigenvalue weighted by Gasteiger charge is 2.04. The average molecular weight is 185 g/mol. The van der Waals surface area contributed by atoms with Gasteiger partial charge in [-0.25, -0.2) is 9.67 Å². The summed E-state index contributed by atoms with van der Waals surface area (Å²) in [5, 5.41) is 8.32. The fraction of sp³-hybridized carbons (Fsp3) is 0. The van der Waals surface area contributed by atoms with Crippen LogP contribution in [0, 0.1) is 0 Å². The van der Waals surface area contributed by atoms with Gasteiger partial charge < -0.3 is 0 Å². The molecule has 0 aliphatic carbocycles. The molecule has 0 bridgehead atoms. The van der Waals surface area contributed by atoms with Gasteiger partial charge in [0.05, 0.1) is 6.20 Å². The minimum atomic E-state index is 0.818. The van der Waals surface area contributed by atoms with Gasteiger partial charge in [0, 0.05) is 18.6 Å². The number of rotatable bonds is 1. The first-order chi connectivity index (χ1) is 6.95. The van der Waals surface area contributed by atoms with Gasteiger partial charge in [0.25, 0.3) is 0 Å². The van der Waals surface area contributed by atoms with Crippen LogP contribution in [0.4, 0.5) is 0 Å². The maximum absolute atomic E-state index is 4.21. The van der Waals surface area contributed by atoms with E-state index in [4.69, 9.17) is 0 Å². The summed E-state index contributed by atoms with van der Waals surface area (Å²) in [6, 6.07) is 5.62. The molecule has 0 aliphatic heterocycles. The lowest BCUT2D eigenvalue weighted by Gasteiger charge is -1.98. The van der Waals surface area contributed by atoms with Gasteiger partial charge in [0.1, 0.15) is 0 Å². The molecule has 68 valence electrons. The first-order valence-electron chi connectivity index (χ1n) is 4.24. The van der Waals surface area contributed by atoms with Gasteiger partial charge in [-0.05, 0) is 18.2 Å². The monoisotopic (exact) mass is 185 g/mol. The van der Waals surface area contributed by atoms with E-state index in [0.29, 0.717) is 0 Å². The molecular formula is C9H7N5. The predicted molar refractivity (Wildman–Crippen MR) is 50.1 cm³/mol. The highest BCUT2D eigenvalue weighted by molar-refractivity contribution is 5.42. The lowest BCUT2D eigenvalue weighted by Crippen LogP contribution is -2.01. The minimum Gasteiger partial charge on any atom is -0.233 e. The SMILES string of the molecule is c1cnn2c(-n3cccn3)cnc2c1. The maximum Gasteiger partial charge on any atom is 0.175 e. The predicted octanol–water partition coefficient (Wildman–Crippen LogP) is 0.915. The third kappa shape index (κ3) is 0.922. The van der Waals surface area contributed by atoms with E-state index in [1.54, 1.807) is 27.8 Å². The summed E-state index contributed by atoms with van der Waals surface area (Å²) in [5.41, 5.74) is 0.818. The molecule has 0 aromatic carbocycles. The third-order valence-electron chi connectivity index (χ3n) is 2.00. The van der Waals surface area contributed by atoms with Crippen LogP contribution in [0.25, 0.3) is 11.5 Å². The van der Waals surface area contributed by atoms with E-state index in [2.05, 4.69) is 15.2 Å². The summed E-state index contributed by atoms with van der Waals surface area (Å²) in [5.74, 6) is 0.839. The number of imidazole rings is 1. The van der Waals surface area contributed by atoms with Crippen LogP contribution in [0.15, 0.2) is 43.0 Å². The van der Waals surface area contributed by atoms with E-state index in [1.807, 2.05) is 24.4 Å². The molecule has 0 atom stereocenters. The third-order valence-corrected chi connectivity index (χ3v) is 2.00. The van der Waals surface area contributed by atoms with E-state index in [-0.39, 0.29) is 0 Å². The molecule has 5 nitrogen and oxygen atoms in total. The number of nitrogens with zero attached hydrogens (tertiary/aromatic N) is 5. The van der Waals surface area contributed by atoms with Crippen LogP contribution in [0.5, 0.6) is 0 Å². The summed E-state index contributed by atoms with van der Waals surface area (Å²) in [7, 11) is 0. The highest BCUT2D eigenvalue weighted by Crippen LogP contribution is 2.07. The van der Waals surface area contributed by atoms with Crippen LogP contribution < -0.4 is 0 Å². The smallest absolute Gasteiger partial charge is 0.175 e. The lowest BCUT2D eigenvalue weighted by molar-refractivity contribution is 0.789. The van der Waals surface area contributed by atoms with Crippen LogP contribution >= 0.6 is 0 Å². The molecule has 0 saturated heterocycles. The molecule has 3 heterocycles. The standard InChI is InChI=1S/C9H7N5/c1-3-8-10-7-9(14(8)12-4-1)13-6-2-5-11-13/h1-7H. The molecule has 3 aromatic rings. The normalized spacial score (nSPS) is 10.9. The largest absolute Gasteiger partial charge is 0.233 e. The molecule has 3 aromatic heterocycles. The summed E-state index contributed by atoms with van der Waals surface area (Å²) in [6.07, 6.45) is 7.05. The van der Waals surface area contributed by atoms with Crippen molar-refractivity contribution in [3.05, 3.63) is 43.0 Å². The Hall–Kier alpha value is -2.17. The first kappa shape index (κ1) is 7.25. The summed E-state index contributed by atoms with van der Waals surface area (Å²) >= 11 is 0. The van der Waals surface area contributed by atoms with Crippen molar-refractivity contribution in [2.45, 2.75) is 0 Å². The van der Waals surface area contributed by atoms with Crippen LogP contribution in [0.1, 0.15) is 0 Å². The maximum atomic E-state index is 4.21. The zero-order valence-electron chi connectivity index (χ0n) is 7.28. The zero-order valence-corrected chi connectivity index (χ0v) is 7.28. The van der Waals surface area contributed by atoms with Gasteiger partial charge in [0.15, 0.2) is 11.5 Å². The second-order valence-corrected chi connectivity index (χ2v) is 2.86. The Morgan fingerprint density at radius 3 is 2.86 bits per heavy atom. The van der Waals surface area contributed by atoms with Crippen molar-refractivity contribution in [2.24, 2.45) is 0 Å². The van der Waals surface area contributed by atoms with Crippen molar-refractivity contribution < 1.29 is 0 Å². The minimum absolute atomic E-state index is 0.818. The van der Waals surface area contributed by atoms with Crippen LogP contribution in [0.2, 0.25) is 0 Å². The van der Waals surface area contributed by atoms with Crippen LogP contribution in [-0.4, -0.2) is 24.4 Å². The molecule has 0 unspecified atom stereocenters. The first-order valence-corrected chi connectivity index (χ1v) is 4.24. The zero-order chi connectivity index (χ0) is 9.38. The lowest BCUT2D eigenvalue weighted by atomic mass is 10.6. The molecule has 5 heteroatoms. The summed E-state index contributed by atoms with van der Waals surface area (Å²) in [4.78, 5) is 4.21. The molecule has 0 saturated carbocycles. The molecule has 0 fully saturated rings. The molecular weight excluding hydrogens is 178 g/mol. The molecule has 0 radical (unpaired) electrons. The average Bonchev–Trinajstić information content (AvgIpc) is 2.85. The Balaban J connectivity index is 2.33. The Morgan fingerprint density at radius 1 is 1.07 bits per heavy atom. The van der Waals surface area contributed by atoms with Crippen molar-refractivity contribution in [1.29, 1.82) is 0 Å². The van der Waals surface area contributed by atoms with E-state index in [0.717, 1.165) is 11.5 Å². The Bertz CT molecular complexity index is 551. The second-order valence-electron chi connectivity index (χ2n) is 2.86. The number of fused-ring (bicyclic) bond motifs is 1. The van der Waals surface area contributed by atoms with Crippen molar-refractivity contribution >= 4 is 5.65 Å². The number of hydrogen-bond acceptors (Lipinski definition) is 3. The Morgan fingerprint density at radius 2 is 2.00 bits per heavy atom. The van der Waals surface area contributed by atoms with Crippen molar-refractivity contribution in [2.75, 3.05) is 0 Å². The summed E-state index contributed by atoms with van der Waals surface area (Å²) in [6.45, 7) is 0. The van der Waals surface area contributed by atoms with Gasteiger partial charge in [-0.2, -0.15) is 14.7 Å². The van der Waals surface area contributed by atoms with Gasteiger partial charge in [-0.1, -0.05) is 0 Å². The van der Waals surface area contributed by atoms with Crippen molar-refractivity contribution in [3.63, 3.8) is 0 Å².